The van der Waals surface area contributed by atoms with Crippen molar-refractivity contribution in [1.29, 1.82) is 0 Å². The van der Waals surface area contributed by atoms with Gasteiger partial charge in [-0.15, -0.1) is 0 Å². The number of carboxylic acids is 1. The van der Waals surface area contributed by atoms with Crippen molar-refractivity contribution in [2.45, 2.75) is 51.5 Å². The van der Waals surface area contributed by atoms with Gasteiger partial charge in [0.2, 0.25) is 5.91 Å². The summed E-state index contributed by atoms with van der Waals surface area (Å²) in [4.78, 5) is 29.9. The molecule has 0 radical (unpaired) electrons. The third-order valence-corrected chi connectivity index (χ3v) is 7.02. The van der Waals surface area contributed by atoms with E-state index >= 15 is 0 Å². The number of ether oxygens (including phenoxy) is 1. The Morgan fingerprint density at radius 3 is 2.11 bits per heavy atom. The lowest BCUT2D eigenvalue weighted by Gasteiger charge is -2.30. The number of benzene rings is 2. The second-order valence-corrected chi connectivity index (χ2v) is 9.45. The summed E-state index contributed by atoms with van der Waals surface area (Å²) in [6.07, 6.45) is 3.82. The van der Waals surface area contributed by atoms with E-state index in [2.05, 4.69) is 13.8 Å². The van der Waals surface area contributed by atoms with E-state index in [4.69, 9.17) is 4.74 Å². The van der Waals surface area contributed by atoms with Crippen molar-refractivity contribution in [3.05, 3.63) is 53.6 Å². The Balaban J connectivity index is 1.98. The summed E-state index contributed by atoms with van der Waals surface area (Å²) in [6.45, 7) is 6.00. The van der Waals surface area contributed by atoms with Crippen LogP contribution in [0.5, 0.6) is 17.2 Å². The maximum absolute atomic E-state index is 13.5. The minimum atomic E-state index is -0.975. The number of likely N-dealkylation sites (tertiary alicyclic amines) is 1. The van der Waals surface area contributed by atoms with E-state index in [1.54, 1.807) is 25.3 Å². The van der Waals surface area contributed by atoms with Crippen molar-refractivity contribution in [2.24, 2.45) is 5.92 Å². The number of phenols is 2. The van der Waals surface area contributed by atoms with Crippen molar-refractivity contribution in [3.8, 4) is 17.2 Å². The molecule has 2 aromatic carbocycles. The summed E-state index contributed by atoms with van der Waals surface area (Å²) in [5.41, 5.74) is 1.40. The SMILES string of the molecule is CCCCN(CCCC)C(=O)CN1CC(c2ccc(O)c(O)c2)C(C(=O)O)C1c1ccc(OC)cc1. The number of methoxy groups -OCH3 is 1. The normalized spacial score (nSPS) is 19.8. The number of unbranched alkanes of at least 4 members (excludes halogenated alkanes) is 2. The lowest BCUT2D eigenvalue weighted by atomic mass is 9.82. The van der Waals surface area contributed by atoms with Crippen LogP contribution < -0.4 is 4.74 Å². The maximum atomic E-state index is 13.5. The van der Waals surface area contributed by atoms with Crippen LogP contribution in [-0.2, 0) is 9.59 Å². The first-order valence-corrected chi connectivity index (χ1v) is 12.7. The molecule has 0 aliphatic carbocycles. The Labute approximate surface area is 213 Å². The first-order valence-electron chi connectivity index (χ1n) is 12.7. The fourth-order valence-corrected chi connectivity index (χ4v) is 5.03. The van der Waals surface area contributed by atoms with Gasteiger partial charge in [-0.3, -0.25) is 14.5 Å². The highest BCUT2D eigenvalue weighted by molar-refractivity contribution is 5.79. The van der Waals surface area contributed by atoms with E-state index in [1.807, 2.05) is 21.9 Å². The number of aliphatic carboxylic acids is 1. The number of hydrogen-bond acceptors (Lipinski definition) is 6. The maximum Gasteiger partial charge on any atom is 0.309 e. The van der Waals surface area contributed by atoms with Gasteiger partial charge < -0.3 is 25.0 Å². The van der Waals surface area contributed by atoms with Gasteiger partial charge in [-0.1, -0.05) is 44.9 Å². The number of carbonyl (C=O) groups excluding carboxylic acids is 1. The molecule has 1 heterocycles. The van der Waals surface area contributed by atoms with Gasteiger partial charge in [0.1, 0.15) is 5.75 Å². The Bertz CT molecular complexity index is 1020. The summed E-state index contributed by atoms with van der Waals surface area (Å²) < 4.78 is 5.28. The predicted molar refractivity (Wildman–Crippen MR) is 137 cm³/mol. The summed E-state index contributed by atoms with van der Waals surface area (Å²) in [5.74, 6) is -2.20. The number of rotatable bonds is 12. The van der Waals surface area contributed by atoms with Crippen LogP contribution in [0.3, 0.4) is 0 Å². The van der Waals surface area contributed by atoms with Crippen LogP contribution in [-0.4, -0.2) is 70.3 Å². The molecule has 1 aliphatic rings. The van der Waals surface area contributed by atoms with E-state index in [1.165, 1.54) is 12.1 Å². The van der Waals surface area contributed by atoms with Gasteiger partial charge in [-0.25, -0.2) is 0 Å². The largest absolute Gasteiger partial charge is 0.504 e. The molecule has 0 aromatic heterocycles. The zero-order chi connectivity index (χ0) is 26.2. The van der Waals surface area contributed by atoms with Crippen LogP contribution in [0, 0.1) is 5.92 Å². The number of nitrogens with zero attached hydrogens (tertiary/aromatic N) is 2. The molecule has 2 aromatic rings. The number of hydrogen-bond donors (Lipinski definition) is 3. The van der Waals surface area contributed by atoms with Crippen molar-refractivity contribution in [3.63, 3.8) is 0 Å². The summed E-state index contributed by atoms with van der Waals surface area (Å²) in [5, 5.41) is 30.2. The third-order valence-electron chi connectivity index (χ3n) is 7.02. The molecule has 1 saturated heterocycles. The quantitative estimate of drug-likeness (QED) is 0.373. The van der Waals surface area contributed by atoms with Crippen LogP contribution in [0.2, 0.25) is 0 Å². The van der Waals surface area contributed by atoms with Gasteiger partial charge in [0.15, 0.2) is 11.5 Å². The van der Waals surface area contributed by atoms with Crippen molar-refractivity contribution < 1.29 is 29.6 Å². The number of carbonyl (C=O) groups is 2. The average Bonchev–Trinajstić information content (AvgIpc) is 3.25. The first kappa shape index (κ1) is 27.3. The Morgan fingerprint density at radius 1 is 0.972 bits per heavy atom. The molecule has 3 unspecified atom stereocenters. The third kappa shape index (κ3) is 6.29. The van der Waals surface area contributed by atoms with Crippen molar-refractivity contribution in [1.82, 2.24) is 9.80 Å². The zero-order valence-electron chi connectivity index (χ0n) is 21.4. The van der Waals surface area contributed by atoms with E-state index in [-0.39, 0.29) is 24.0 Å². The molecule has 0 saturated carbocycles. The first-order chi connectivity index (χ1) is 17.3. The minimum absolute atomic E-state index is 0.00578. The van der Waals surface area contributed by atoms with Crippen molar-refractivity contribution >= 4 is 11.9 Å². The lowest BCUT2D eigenvalue weighted by molar-refractivity contribution is -0.144. The fourth-order valence-electron chi connectivity index (χ4n) is 5.03. The van der Waals surface area contributed by atoms with Gasteiger partial charge in [0, 0.05) is 31.6 Å². The second kappa shape index (κ2) is 12.6. The highest BCUT2D eigenvalue weighted by Crippen LogP contribution is 2.47. The Hall–Kier alpha value is -3.26. The van der Waals surface area contributed by atoms with E-state index in [9.17, 15) is 24.9 Å². The van der Waals surface area contributed by atoms with Crippen LogP contribution in [0.1, 0.15) is 62.6 Å². The zero-order valence-corrected chi connectivity index (χ0v) is 21.4. The topological polar surface area (TPSA) is 111 Å². The highest BCUT2D eigenvalue weighted by Gasteiger charge is 2.48. The van der Waals surface area contributed by atoms with Gasteiger partial charge in [0.25, 0.3) is 0 Å². The van der Waals surface area contributed by atoms with Gasteiger partial charge >= 0.3 is 5.97 Å². The second-order valence-electron chi connectivity index (χ2n) is 9.45. The molecule has 0 spiro atoms. The molecular weight excluding hydrogens is 460 g/mol. The molecule has 0 bridgehead atoms. The monoisotopic (exact) mass is 498 g/mol. The number of aromatic hydroxyl groups is 2. The lowest BCUT2D eigenvalue weighted by Crippen LogP contribution is -2.42. The average molecular weight is 499 g/mol. The molecule has 8 heteroatoms. The van der Waals surface area contributed by atoms with Crippen molar-refractivity contribution in [2.75, 3.05) is 33.3 Å². The van der Waals surface area contributed by atoms with Crippen LogP contribution in [0.4, 0.5) is 0 Å². The molecule has 196 valence electrons. The van der Waals surface area contributed by atoms with Gasteiger partial charge in [-0.2, -0.15) is 0 Å². The number of amides is 1. The van der Waals surface area contributed by atoms with Crippen LogP contribution >= 0.6 is 0 Å². The molecule has 1 aliphatic heterocycles. The number of carboxylic acid groups (broad SMARTS) is 1. The van der Waals surface area contributed by atoms with E-state index in [0.29, 0.717) is 30.9 Å². The Morgan fingerprint density at radius 2 is 1.58 bits per heavy atom. The standard InChI is InChI=1S/C28H38N2O6/c1-4-6-14-29(15-7-5-2)25(33)18-30-17-22(20-10-13-23(31)24(32)16-20)26(28(34)35)27(30)19-8-11-21(36-3)12-9-19/h8-13,16,22,26-27,31-32H,4-7,14-15,17-18H2,1-3H3,(H,34,35). The molecule has 1 fully saturated rings. The van der Waals surface area contributed by atoms with Crippen LogP contribution in [0.15, 0.2) is 42.5 Å². The molecule has 3 rings (SSSR count). The molecule has 1 amide bonds. The summed E-state index contributed by atoms with van der Waals surface area (Å²) in [6, 6.07) is 11.2. The van der Waals surface area contributed by atoms with Gasteiger partial charge in [-0.05, 0) is 48.2 Å². The molecular formula is C28H38N2O6. The van der Waals surface area contributed by atoms with Crippen LogP contribution in [0.25, 0.3) is 0 Å². The Kier molecular flexibility index (Phi) is 9.58. The van der Waals surface area contributed by atoms with E-state index < -0.39 is 23.8 Å². The molecule has 3 N–H and O–H groups in total. The number of phenolic OH excluding ortho intramolecular Hbond substituents is 2. The summed E-state index contributed by atoms with van der Waals surface area (Å²) >= 11 is 0. The molecule has 36 heavy (non-hydrogen) atoms. The molecule has 3 atom stereocenters. The minimum Gasteiger partial charge on any atom is -0.504 e. The molecule has 8 nitrogen and oxygen atoms in total. The predicted octanol–water partition coefficient (Wildman–Crippen LogP) is 4.38. The van der Waals surface area contributed by atoms with E-state index in [0.717, 1.165) is 31.2 Å². The fraction of sp³-hybridized carbons (Fsp3) is 0.500. The van der Waals surface area contributed by atoms with Gasteiger partial charge in [0.05, 0.1) is 19.6 Å². The smallest absolute Gasteiger partial charge is 0.309 e. The highest BCUT2D eigenvalue weighted by atomic mass is 16.5. The summed E-state index contributed by atoms with van der Waals surface area (Å²) in [7, 11) is 1.57.